The number of aromatic nitrogens is 3. The van der Waals surface area contributed by atoms with Crippen LogP contribution >= 0.6 is 36.2 Å². The molecule has 0 atom stereocenters. The molecule has 144 valence electrons. The van der Waals surface area contributed by atoms with Crippen LogP contribution in [-0.2, 0) is 13.0 Å². The molecule has 0 spiro atoms. The van der Waals surface area contributed by atoms with E-state index in [0.717, 1.165) is 48.9 Å². The SMILES string of the molecule is CCc1cc(N2CCC(NC(=O)c3csc(CN)n3)CC2)ncn1.Cl.Cl. The number of aryl methyl sites for hydroxylation is 1. The number of nitrogens with two attached hydrogens (primary N) is 1. The van der Waals surface area contributed by atoms with Gasteiger partial charge in [0.2, 0.25) is 0 Å². The van der Waals surface area contributed by atoms with Crippen LogP contribution in [0.1, 0.15) is 41.0 Å². The van der Waals surface area contributed by atoms with E-state index in [2.05, 4.69) is 32.1 Å². The fourth-order valence-electron chi connectivity index (χ4n) is 2.77. The van der Waals surface area contributed by atoms with Crippen molar-refractivity contribution in [2.45, 2.75) is 38.8 Å². The van der Waals surface area contributed by atoms with E-state index in [-0.39, 0.29) is 36.8 Å². The number of piperidine rings is 1. The normalized spacial score (nSPS) is 14.3. The van der Waals surface area contributed by atoms with Crippen molar-refractivity contribution < 1.29 is 4.79 Å². The molecule has 1 aliphatic heterocycles. The van der Waals surface area contributed by atoms with E-state index in [0.29, 0.717) is 12.2 Å². The van der Waals surface area contributed by atoms with Gasteiger partial charge in [-0.2, -0.15) is 0 Å². The summed E-state index contributed by atoms with van der Waals surface area (Å²) in [5, 5.41) is 5.62. The first kappa shape index (κ1) is 22.6. The lowest BCUT2D eigenvalue weighted by Crippen LogP contribution is -2.45. The lowest BCUT2D eigenvalue weighted by molar-refractivity contribution is 0.0926. The predicted molar refractivity (Wildman–Crippen MR) is 109 cm³/mol. The summed E-state index contributed by atoms with van der Waals surface area (Å²) < 4.78 is 0. The molecule has 0 aliphatic carbocycles. The lowest BCUT2D eigenvalue weighted by Gasteiger charge is -2.33. The van der Waals surface area contributed by atoms with Gasteiger partial charge in [0.15, 0.2) is 0 Å². The molecule has 3 N–H and O–H groups in total. The highest BCUT2D eigenvalue weighted by Crippen LogP contribution is 2.19. The number of hydrogen-bond donors (Lipinski definition) is 2. The number of halogens is 2. The highest BCUT2D eigenvalue weighted by atomic mass is 35.5. The summed E-state index contributed by atoms with van der Waals surface area (Å²) in [5.74, 6) is 0.860. The molecule has 3 rings (SSSR count). The Morgan fingerprint density at radius 3 is 2.69 bits per heavy atom. The van der Waals surface area contributed by atoms with Gasteiger partial charge in [-0.05, 0) is 19.3 Å². The van der Waals surface area contributed by atoms with Crippen LogP contribution in [0.2, 0.25) is 0 Å². The third-order valence-corrected chi connectivity index (χ3v) is 5.06. The summed E-state index contributed by atoms with van der Waals surface area (Å²) >= 11 is 1.42. The molecule has 10 heteroatoms. The molecule has 7 nitrogen and oxygen atoms in total. The van der Waals surface area contributed by atoms with Gasteiger partial charge in [0.1, 0.15) is 22.8 Å². The second-order valence-electron chi connectivity index (χ2n) is 5.79. The molecular weight excluding hydrogens is 395 g/mol. The van der Waals surface area contributed by atoms with E-state index in [1.165, 1.54) is 11.3 Å². The van der Waals surface area contributed by atoms with Crippen molar-refractivity contribution in [1.82, 2.24) is 20.3 Å². The molecule has 0 saturated carbocycles. The molecule has 0 aromatic carbocycles. The number of carbonyl (C=O) groups is 1. The van der Waals surface area contributed by atoms with Crippen LogP contribution in [0, 0.1) is 0 Å². The van der Waals surface area contributed by atoms with E-state index >= 15 is 0 Å². The van der Waals surface area contributed by atoms with Crippen molar-refractivity contribution in [2.75, 3.05) is 18.0 Å². The maximum absolute atomic E-state index is 12.2. The third kappa shape index (κ3) is 5.51. The van der Waals surface area contributed by atoms with E-state index in [4.69, 9.17) is 5.73 Å². The molecular formula is C16H24Cl2N6OS. The fraction of sp³-hybridized carbons (Fsp3) is 0.500. The van der Waals surface area contributed by atoms with Gasteiger partial charge >= 0.3 is 0 Å². The van der Waals surface area contributed by atoms with Crippen LogP contribution in [0.25, 0.3) is 0 Å². The fourth-order valence-corrected chi connectivity index (χ4v) is 3.43. The summed E-state index contributed by atoms with van der Waals surface area (Å²) in [5.41, 5.74) is 7.05. The topological polar surface area (TPSA) is 97.0 Å². The average Bonchev–Trinajstić information content (AvgIpc) is 3.12. The van der Waals surface area contributed by atoms with Crippen molar-refractivity contribution in [1.29, 1.82) is 0 Å². The third-order valence-electron chi connectivity index (χ3n) is 4.18. The Hall–Kier alpha value is -1.48. The first-order chi connectivity index (χ1) is 11.7. The maximum atomic E-state index is 12.2. The quantitative estimate of drug-likeness (QED) is 0.771. The number of amides is 1. The van der Waals surface area contributed by atoms with Gasteiger partial charge in [0.25, 0.3) is 5.91 Å². The Labute approximate surface area is 169 Å². The predicted octanol–water partition coefficient (Wildman–Crippen LogP) is 2.20. The minimum absolute atomic E-state index is 0. The lowest BCUT2D eigenvalue weighted by atomic mass is 10.0. The van der Waals surface area contributed by atoms with Gasteiger partial charge in [-0.1, -0.05) is 6.92 Å². The van der Waals surface area contributed by atoms with Gasteiger partial charge in [-0.3, -0.25) is 4.79 Å². The van der Waals surface area contributed by atoms with Crippen molar-refractivity contribution in [3.63, 3.8) is 0 Å². The Morgan fingerprint density at radius 2 is 2.08 bits per heavy atom. The molecule has 1 aliphatic rings. The number of hydrogen-bond acceptors (Lipinski definition) is 7. The first-order valence-corrected chi connectivity index (χ1v) is 9.08. The molecule has 0 radical (unpaired) electrons. The molecule has 1 amide bonds. The molecule has 1 saturated heterocycles. The number of nitrogens with one attached hydrogen (secondary N) is 1. The van der Waals surface area contributed by atoms with Crippen molar-refractivity contribution >= 4 is 47.9 Å². The summed E-state index contributed by atoms with van der Waals surface area (Å²) in [6, 6.07) is 2.21. The maximum Gasteiger partial charge on any atom is 0.270 e. The van der Waals surface area contributed by atoms with Crippen LogP contribution in [0.3, 0.4) is 0 Å². The Balaban J connectivity index is 0.00000169. The average molecular weight is 419 g/mol. The zero-order valence-corrected chi connectivity index (χ0v) is 17.0. The van der Waals surface area contributed by atoms with Gasteiger partial charge < -0.3 is 16.0 Å². The Bertz CT molecular complexity index is 706. The van der Waals surface area contributed by atoms with Crippen molar-refractivity contribution in [3.05, 3.63) is 34.2 Å². The summed E-state index contributed by atoms with van der Waals surface area (Å²) in [6.45, 7) is 4.20. The number of nitrogens with zero attached hydrogens (tertiary/aromatic N) is 4. The van der Waals surface area contributed by atoms with Gasteiger partial charge in [-0.15, -0.1) is 36.2 Å². The highest BCUT2D eigenvalue weighted by Gasteiger charge is 2.23. The number of carbonyl (C=O) groups excluding carboxylic acids is 1. The van der Waals surface area contributed by atoms with Gasteiger partial charge in [0, 0.05) is 42.8 Å². The number of rotatable bonds is 5. The molecule has 2 aromatic rings. The van der Waals surface area contributed by atoms with Crippen molar-refractivity contribution in [3.8, 4) is 0 Å². The van der Waals surface area contributed by atoms with Crippen LogP contribution in [0.15, 0.2) is 17.8 Å². The summed E-state index contributed by atoms with van der Waals surface area (Å²) in [4.78, 5) is 27.3. The van der Waals surface area contributed by atoms with E-state index in [9.17, 15) is 4.79 Å². The second kappa shape index (κ2) is 10.6. The Morgan fingerprint density at radius 1 is 1.35 bits per heavy atom. The minimum Gasteiger partial charge on any atom is -0.356 e. The van der Waals surface area contributed by atoms with Gasteiger partial charge in [-0.25, -0.2) is 15.0 Å². The van der Waals surface area contributed by atoms with Crippen LogP contribution in [0.4, 0.5) is 5.82 Å². The van der Waals surface area contributed by atoms with E-state index in [1.54, 1.807) is 11.7 Å². The van der Waals surface area contributed by atoms with Crippen LogP contribution < -0.4 is 16.0 Å². The van der Waals surface area contributed by atoms with Crippen LogP contribution in [-0.4, -0.2) is 40.0 Å². The smallest absolute Gasteiger partial charge is 0.270 e. The molecule has 0 bridgehead atoms. The number of thiazole rings is 1. The first-order valence-electron chi connectivity index (χ1n) is 8.20. The summed E-state index contributed by atoms with van der Waals surface area (Å²) in [7, 11) is 0. The zero-order chi connectivity index (χ0) is 16.9. The molecule has 3 heterocycles. The minimum atomic E-state index is -0.111. The monoisotopic (exact) mass is 418 g/mol. The molecule has 2 aromatic heterocycles. The van der Waals surface area contributed by atoms with E-state index in [1.807, 2.05) is 6.07 Å². The van der Waals surface area contributed by atoms with Gasteiger partial charge in [0.05, 0.1) is 0 Å². The van der Waals surface area contributed by atoms with Crippen LogP contribution in [0.5, 0.6) is 0 Å². The standard InChI is InChI=1S/C16H22N6OS.2ClH/c1-2-11-7-14(19-10-18-11)22-5-3-12(4-6-22)20-16(23)13-9-24-15(8-17)21-13;;/h7,9-10,12H,2-6,8,17H2,1H3,(H,20,23);2*1H. The molecule has 1 fully saturated rings. The van der Waals surface area contributed by atoms with Crippen molar-refractivity contribution in [2.24, 2.45) is 5.73 Å². The largest absolute Gasteiger partial charge is 0.356 e. The summed E-state index contributed by atoms with van der Waals surface area (Å²) in [6.07, 6.45) is 4.32. The Kier molecular flexibility index (Phi) is 9.21. The zero-order valence-electron chi connectivity index (χ0n) is 14.6. The van der Waals surface area contributed by atoms with E-state index < -0.39 is 0 Å². The molecule has 26 heavy (non-hydrogen) atoms. The number of anilines is 1. The second-order valence-corrected chi connectivity index (χ2v) is 6.73. The highest BCUT2D eigenvalue weighted by molar-refractivity contribution is 7.09. The molecule has 0 unspecified atom stereocenters.